The van der Waals surface area contributed by atoms with E-state index in [-0.39, 0.29) is 23.5 Å². The molecule has 22 heavy (non-hydrogen) atoms. The number of carbonyl (C=O) groups is 1. The lowest BCUT2D eigenvalue weighted by molar-refractivity contribution is -0.144. The summed E-state index contributed by atoms with van der Waals surface area (Å²) >= 11 is 0. The fraction of sp³-hybridized carbons (Fsp3) is 0.412. The second-order valence-electron chi connectivity index (χ2n) is 6.19. The van der Waals surface area contributed by atoms with Gasteiger partial charge in [0.2, 0.25) is 0 Å². The van der Waals surface area contributed by atoms with E-state index in [1.807, 2.05) is 25.1 Å². The third kappa shape index (κ3) is 2.84. The van der Waals surface area contributed by atoms with E-state index in [9.17, 15) is 15.0 Å². The highest BCUT2D eigenvalue weighted by molar-refractivity contribution is 5.70. The Morgan fingerprint density at radius 2 is 2.00 bits per heavy atom. The topological polar surface area (TPSA) is 86.2 Å². The van der Waals surface area contributed by atoms with E-state index in [4.69, 9.17) is 0 Å². The maximum Gasteiger partial charge on any atom is 0.306 e. The molecule has 1 aliphatic rings. The summed E-state index contributed by atoms with van der Waals surface area (Å²) in [5, 5.41) is 26.1. The number of phenolic OH excluding ortho intramolecular Hbond substituents is 1. The van der Waals surface area contributed by atoms with Crippen LogP contribution in [0.3, 0.4) is 0 Å². The highest BCUT2D eigenvalue weighted by atomic mass is 16.4. The van der Waals surface area contributed by atoms with E-state index in [1.165, 1.54) is 0 Å². The Hall–Kier alpha value is -2.30. The van der Waals surface area contributed by atoms with Gasteiger partial charge in [0, 0.05) is 17.2 Å². The van der Waals surface area contributed by atoms with Crippen molar-refractivity contribution in [2.24, 2.45) is 11.8 Å². The number of hydrogen-bond donors (Lipinski definition) is 3. The number of hydrogen-bond acceptors (Lipinski definition) is 3. The molecule has 3 rings (SSSR count). The molecule has 1 aromatic carbocycles. The molecule has 0 radical (unpaired) electrons. The van der Waals surface area contributed by atoms with E-state index < -0.39 is 5.97 Å². The van der Waals surface area contributed by atoms with Gasteiger partial charge in [-0.05, 0) is 55.5 Å². The fourth-order valence-corrected chi connectivity index (χ4v) is 3.27. The fourth-order valence-electron chi connectivity index (χ4n) is 3.27. The van der Waals surface area contributed by atoms with Gasteiger partial charge in [-0.2, -0.15) is 5.10 Å². The third-order valence-corrected chi connectivity index (χ3v) is 4.71. The Bertz CT molecular complexity index is 663. The quantitative estimate of drug-likeness (QED) is 0.811. The average molecular weight is 300 g/mol. The summed E-state index contributed by atoms with van der Waals surface area (Å²) in [4.78, 5) is 11.4. The van der Waals surface area contributed by atoms with Gasteiger partial charge in [0.05, 0.1) is 11.6 Å². The van der Waals surface area contributed by atoms with Gasteiger partial charge in [-0.1, -0.05) is 6.92 Å². The van der Waals surface area contributed by atoms with Crippen molar-refractivity contribution in [1.82, 2.24) is 10.2 Å². The van der Waals surface area contributed by atoms with Crippen LogP contribution in [0.15, 0.2) is 30.3 Å². The van der Waals surface area contributed by atoms with Gasteiger partial charge in [0.25, 0.3) is 0 Å². The van der Waals surface area contributed by atoms with E-state index >= 15 is 0 Å². The van der Waals surface area contributed by atoms with Crippen molar-refractivity contribution in [1.29, 1.82) is 0 Å². The predicted molar refractivity (Wildman–Crippen MR) is 82.6 cm³/mol. The van der Waals surface area contributed by atoms with Crippen LogP contribution >= 0.6 is 0 Å². The number of carboxylic acid groups (broad SMARTS) is 1. The van der Waals surface area contributed by atoms with Gasteiger partial charge in [-0.15, -0.1) is 0 Å². The van der Waals surface area contributed by atoms with Crippen LogP contribution < -0.4 is 0 Å². The van der Waals surface area contributed by atoms with Crippen LogP contribution in [0.1, 0.15) is 37.8 Å². The second kappa shape index (κ2) is 5.83. The van der Waals surface area contributed by atoms with Crippen LogP contribution in [0.2, 0.25) is 0 Å². The van der Waals surface area contributed by atoms with Crippen LogP contribution in [0.4, 0.5) is 0 Å². The zero-order valence-corrected chi connectivity index (χ0v) is 12.5. The zero-order valence-electron chi connectivity index (χ0n) is 12.5. The van der Waals surface area contributed by atoms with Crippen molar-refractivity contribution in [3.05, 3.63) is 36.0 Å². The molecule has 0 spiro atoms. The standard InChI is InChI=1S/C17H20N2O3/c1-10-2-3-12(8-14(10)17(21)22)16-9-15(18-19-16)11-4-6-13(20)7-5-11/h4-7,9-10,12,14,20H,2-3,8H2,1H3,(H,18,19)(H,21,22). The van der Waals surface area contributed by atoms with Crippen LogP contribution in [0.5, 0.6) is 5.75 Å². The molecule has 1 aromatic heterocycles. The monoisotopic (exact) mass is 300 g/mol. The smallest absolute Gasteiger partial charge is 0.306 e. The molecule has 0 bridgehead atoms. The van der Waals surface area contributed by atoms with Crippen LogP contribution in [0, 0.1) is 11.8 Å². The predicted octanol–water partition coefficient (Wildman–Crippen LogP) is 3.39. The number of aliphatic carboxylic acids is 1. The van der Waals surface area contributed by atoms with Crippen LogP contribution in [0.25, 0.3) is 11.3 Å². The summed E-state index contributed by atoms with van der Waals surface area (Å²) in [6.07, 6.45) is 2.57. The minimum Gasteiger partial charge on any atom is -0.508 e. The second-order valence-corrected chi connectivity index (χ2v) is 6.19. The number of aromatic hydroxyl groups is 1. The number of carboxylic acids is 1. The number of nitrogens with zero attached hydrogens (tertiary/aromatic N) is 1. The number of H-pyrrole nitrogens is 1. The van der Waals surface area contributed by atoms with Gasteiger partial charge >= 0.3 is 5.97 Å². The molecule has 0 amide bonds. The number of nitrogens with one attached hydrogen (secondary N) is 1. The summed E-state index contributed by atoms with van der Waals surface area (Å²) in [6.45, 7) is 2.02. The van der Waals surface area contributed by atoms with Gasteiger partial charge < -0.3 is 10.2 Å². The molecule has 1 fully saturated rings. The van der Waals surface area contributed by atoms with Gasteiger partial charge in [-0.25, -0.2) is 0 Å². The first-order valence-electron chi connectivity index (χ1n) is 7.62. The highest BCUT2D eigenvalue weighted by Crippen LogP contribution is 2.39. The maximum atomic E-state index is 11.4. The molecule has 2 aromatic rings. The molecule has 5 nitrogen and oxygen atoms in total. The summed E-state index contributed by atoms with van der Waals surface area (Å²) < 4.78 is 0. The number of aromatic amines is 1. The average Bonchev–Trinajstić information content (AvgIpc) is 2.98. The number of benzene rings is 1. The summed E-state index contributed by atoms with van der Waals surface area (Å²) in [7, 11) is 0. The van der Waals surface area contributed by atoms with E-state index in [0.29, 0.717) is 6.42 Å². The van der Waals surface area contributed by atoms with Crippen LogP contribution in [-0.2, 0) is 4.79 Å². The minimum absolute atomic E-state index is 0.218. The number of rotatable bonds is 3. The number of phenols is 1. The highest BCUT2D eigenvalue weighted by Gasteiger charge is 2.33. The molecule has 0 saturated heterocycles. The minimum atomic E-state index is -0.699. The van der Waals surface area contributed by atoms with Crippen molar-refractivity contribution in [2.45, 2.75) is 32.1 Å². The van der Waals surface area contributed by atoms with Crippen molar-refractivity contribution in [2.75, 3.05) is 0 Å². The molecule has 3 atom stereocenters. The summed E-state index contributed by atoms with van der Waals surface area (Å²) in [5.41, 5.74) is 2.75. The largest absolute Gasteiger partial charge is 0.508 e. The molecule has 3 N–H and O–H groups in total. The Morgan fingerprint density at radius 1 is 1.27 bits per heavy atom. The summed E-state index contributed by atoms with van der Waals surface area (Å²) in [5.74, 6) is -0.302. The van der Waals surface area contributed by atoms with Gasteiger partial charge in [0.15, 0.2) is 0 Å². The Kier molecular flexibility index (Phi) is 3.88. The lowest BCUT2D eigenvalue weighted by Crippen LogP contribution is -2.28. The Labute approximate surface area is 129 Å². The first-order valence-corrected chi connectivity index (χ1v) is 7.62. The summed E-state index contributed by atoms with van der Waals surface area (Å²) in [6, 6.07) is 8.89. The van der Waals surface area contributed by atoms with E-state index in [0.717, 1.165) is 29.8 Å². The lowest BCUT2D eigenvalue weighted by atomic mass is 9.74. The molecule has 5 heteroatoms. The van der Waals surface area contributed by atoms with E-state index in [1.54, 1.807) is 12.1 Å². The first-order chi connectivity index (χ1) is 10.5. The Morgan fingerprint density at radius 3 is 2.68 bits per heavy atom. The normalized spacial score (nSPS) is 25.0. The Balaban J connectivity index is 1.79. The molecule has 1 heterocycles. The molecule has 0 aliphatic heterocycles. The number of aromatic nitrogens is 2. The lowest BCUT2D eigenvalue weighted by Gasteiger charge is -2.31. The molecule has 116 valence electrons. The molecular formula is C17H20N2O3. The van der Waals surface area contributed by atoms with Crippen molar-refractivity contribution in [3.63, 3.8) is 0 Å². The third-order valence-electron chi connectivity index (χ3n) is 4.71. The maximum absolute atomic E-state index is 11.4. The zero-order chi connectivity index (χ0) is 15.7. The SMILES string of the molecule is CC1CCC(c2cc(-c3ccc(O)cc3)n[nH]2)CC1C(=O)O. The van der Waals surface area contributed by atoms with Crippen molar-refractivity contribution < 1.29 is 15.0 Å². The molecule has 3 unspecified atom stereocenters. The molecule has 1 aliphatic carbocycles. The first kappa shape index (κ1) is 14.6. The molecular weight excluding hydrogens is 280 g/mol. The molecule has 1 saturated carbocycles. The van der Waals surface area contributed by atoms with Crippen molar-refractivity contribution in [3.8, 4) is 17.0 Å². The van der Waals surface area contributed by atoms with Gasteiger partial charge in [0.1, 0.15) is 5.75 Å². The van der Waals surface area contributed by atoms with Crippen LogP contribution in [-0.4, -0.2) is 26.4 Å². The van der Waals surface area contributed by atoms with Crippen molar-refractivity contribution >= 4 is 5.97 Å². The van der Waals surface area contributed by atoms with Gasteiger partial charge in [-0.3, -0.25) is 9.89 Å². The van der Waals surface area contributed by atoms with E-state index in [2.05, 4.69) is 10.2 Å².